The molecule has 0 spiro atoms. The van der Waals surface area contributed by atoms with Gasteiger partial charge in [-0.15, -0.1) is 11.3 Å². The lowest BCUT2D eigenvalue weighted by atomic mass is 10.1. The first-order valence-corrected chi connectivity index (χ1v) is 8.01. The summed E-state index contributed by atoms with van der Waals surface area (Å²) in [6.07, 6.45) is 3.88. The molecule has 19 heavy (non-hydrogen) atoms. The number of ether oxygens (including phenoxy) is 1. The van der Waals surface area contributed by atoms with Gasteiger partial charge in [-0.3, -0.25) is 0 Å². The van der Waals surface area contributed by atoms with Crippen LogP contribution < -0.4 is 10.2 Å². The second-order valence-corrected chi connectivity index (χ2v) is 6.73. The summed E-state index contributed by atoms with van der Waals surface area (Å²) in [4.78, 5) is 8.81. The SMILES string of the molecule is CNCc1sc(N2CCC(COC)C2)nc1C1CC1. The van der Waals surface area contributed by atoms with E-state index in [-0.39, 0.29) is 0 Å². The Balaban J connectivity index is 1.72. The first kappa shape index (κ1) is 13.3. The number of hydrogen-bond acceptors (Lipinski definition) is 5. The van der Waals surface area contributed by atoms with Crippen LogP contribution in [0.3, 0.4) is 0 Å². The van der Waals surface area contributed by atoms with Crippen molar-refractivity contribution in [2.75, 3.05) is 38.8 Å². The van der Waals surface area contributed by atoms with Crippen molar-refractivity contribution in [3.05, 3.63) is 10.6 Å². The van der Waals surface area contributed by atoms with E-state index in [9.17, 15) is 0 Å². The predicted octanol–water partition coefficient (Wildman–Crippen LogP) is 2.21. The number of thiazole rings is 1. The van der Waals surface area contributed by atoms with Crippen molar-refractivity contribution >= 4 is 16.5 Å². The highest BCUT2D eigenvalue weighted by molar-refractivity contribution is 7.15. The summed E-state index contributed by atoms with van der Waals surface area (Å²) < 4.78 is 5.27. The highest BCUT2D eigenvalue weighted by Crippen LogP contribution is 2.44. The number of aromatic nitrogens is 1. The van der Waals surface area contributed by atoms with Gasteiger partial charge in [0.25, 0.3) is 0 Å². The number of nitrogens with zero attached hydrogens (tertiary/aromatic N) is 2. The third-order valence-corrected chi connectivity index (χ3v) is 5.11. The third kappa shape index (κ3) is 2.93. The molecular formula is C14H23N3OS. The van der Waals surface area contributed by atoms with Crippen LogP contribution in [0.25, 0.3) is 0 Å². The minimum absolute atomic E-state index is 0.672. The smallest absolute Gasteiger partial charge is 0.185 e. The molecule has 1 aromatic heterocycles. The molecular weight excluding hydrogens is 258 g/mol. The summed E-state index contributed by atoms with van der Waals surface area (Å²) in [7, 11) is 3.81. The minimum atomic E-state index is 0.672. The van der Waals surface area contributed by atoms with Crippen LogP contribution in [0.1, 0.15) is 35.8 Å². The van der Waals surface area contributed by atoms with Crippen LogP contribution in [0.15, 0.2) is 0 Å². The largest absolute Gasteiger partial charge is 0.384 e. The summed E-state index contributed by atoms with van der Waals surface area (Å²) in [6.45, 7) is 4.06. The summed E-state index contributed by atoms with van der Waals surface area (Å²) in [5.74, 6) is 1.41. The lowest BCUT2D eigenvalue weighted by Gasteiger charge is -2.14. The molecule has 3 rings (SSSR count). The molecule has 1 aliphatic carbocycles. The molecule has 1 unspecified atom stereocenters. The van der Waals surface area contributed by atoms with Gasteiger partial charge < -0.3 is 15.0 Å². The van der Waals surface area contributed by atoms with Crippen molar-refractivity contribution in [1.82, 2.24) is 10.3 Å². The Bertz CT molecular complexity index is 430. The molecule has 2 heterocycles. The topological polar surface area (TPSA) is 37.4 Å². The molecule has 0 amide bonds. The Morgan fingerprint density at radius 2 is 2.26 bits per heavy atom. The van der Waals surface area contributed by atoms with Gasteiger partial charge in [0.15, 0.2) is 5.13 Å². The molecule has 1 saturated heterocycles. The zero-order valence-electron chi connectivity index (χ0n) is 11.8. The lowest BCUT2D eigenvalue weighted by molar-refractivity contribution is 0.161. The van der Waals surface area contributed by atoms with Crippen LogP contribution in [-0.4, -0.2) is 38.8 Å². The molecule has 1 atom stereocenters. The van der Waals surface area contributed by atoms with E-state index in [0.717, 1.165) is 32.2 Å². The summed E-state index contributed by atoms with van der Waals surface area (Å²) >= 11 is 1.88. The highest BCUT2D eigenvalue weighted by Gasteiger charge is 2.31. The third-order valence-electron chi connectivity index (χ3n) is 3.98. The molecule has 0 bridgehead atoms. The van der Waals surface area contributed by atoms with E-state index in [2.05, 4.69) is 10.2 Å². The molecule has 1 N–H and O–H groups in total. The lowest BCUT2D eigenvalue weighted by Crippen LogP contribution is -2.20. The molecule has 2 fully saturated rings. The van der Waals surface area contributed by atoms with Crippen molar-refractivity contribution in [2.45, 2.75) is 31.7 Å². The Hall–Kier alpha value is -0.650. The maximum absolute atomic E-state index is 5.27. The summed E-state index contributed by atoms with van der Waals surface area (Å²) in [6, 6.07) is 0. The van der Waals surface area contributed by atoms with Crippen LogP contribution in [0.4, 0.5) is 5.13 Å². The van der Waals surface area contributed by atoms with E-state index >= 15 is 0 Å². The van der Waals surface area contributed by atoms with Crippen LogP contribution in [0.5, 0.6) is 0 Å². The van der Waals surface area contributed by atoms with Gasteiger partial charge in [0.2, 0.25) is 0 Å². The van der Waals surface area contributed by atoms with Crippen molar-refractivity contribution in [3.8, 4) is 0 Å². The quantitative estimate of drug-likeness (QED) is 0.867. The van der Waals surface area contributed by atoms with E-state index in [1.165, 1.54) is 35.0 Å². The first-order chi connectivity index (χ1) is 9.31. The molecule has 0 radical (unpaired) electrons. The molecule has 0 aromatic carbocycles. The standard InChI is InChI=1S/C14H23N3OS/c1-15-7-12-13(11-3-4-11)16-14(19-12)17-6-5-10(8-17)9-18-2/h10-11,15H,3-9H2,1-2H3. The molecule has 1 aliphatic heterocycles. The highest BCUT2D eigenvalue weighted by atomic mass is 32.1. The Labute approximate surface area is 119 Å². The molecule has 1 aromatic rings. The molecule has 106 valence electrons. The average molecular weight is 281 g/mol. The second-order valence-electron chi connectivity index (χ2n) is 5.67. The Kier molecular flexibility index (Phi) is 4.05. The summed E-state index contributed by atoms with van der Waals surface area (Å²) in [5, 5.41) is 4.50. The minimum Gasteiger partial charge on any atom is -0.384 e. The molecule has 1 saturated carbocycles. The monoisotopic (exact) mass is 281 g/mol. The number of nitrogens with one attached hydrogen (secondary N) is 1. The number of anilines is 1. The predicted molar refractivity (Wildman–Crippen MR) is 79.0 cm³/mol. The summed E-state index contributed by atoms with van der Waals surface area (Å²) in [5.41, 5.74) is 1.37. The first-order valence-electron chi connectivity index (χ1n) is 7.20. The van der Waals surface area contributed by atoms with Crippen molar-refractivity contribution in [3.63, 3.8) is 0 Å². The van der Waals surface area contributed by atoms with Crippen LogP contribution in [0.2, 0.25) is 0 Å². The van der Waals surface area contributed by atoms with Gasteiger partial charge in [-0.1, -0.05) is 0 Å². The number of rotatable bonds is 6. The molecule has 4 nitrogen and oxygen atoms in total. The zero-order valence-corrected chi connectivity index (χ0v) is 12.6. The van der Waals surface area contributed by atoms with Crippen molar-refractivity contribution in [1.29, 1.82) is 0 Å². The molecule has 5 heteroatoms. The second kappa shape index (κ2) is 5.77. The Morgan fingerprint density at radius 3 is 2.95 bits per heavy atom. The van der Waals surface area contributed by atoms with E-state index in [1.807, 2.05) is 18.4 Å². The van der Waals surface area contributed by atoms with E-state index in [1.54, 1.807) is 7.11 Å². The Morgan fingerprint density at radius 1 is 1.42 bits per heavy atom. The van der Waals surface area contributed by atoms with Crippen molar-refractivity contribution in [2.24, 2.45) is 5.92 Å². The zero-order chi connectivity index (χ0) is 13.2. The fourth-order valence-electron chi connectivity index (χ4n) is 2.83. The molecule has 2 aliphatic rings. The van der Waals surface area contributed by atoms with Gasteiger partial charge in [0.1, 0.15) is 0 Å². The number of hydrogen-bond donors (Lipinski definition) is 1. The van der Waals surface area contributed by atoms with E-state index in [4.69, 9.17) is 9.72 Å². The van der Waals surface area contributed by atoms with Gasteiger partial charge in [0.05, 0.1) is 12.3 Å². The van der Waals surface area contributed by atoms with Gasteiger partial charge in [-0.2, -0.15) is 0 Å². The maximum atomic E-state index is 5.27. The normalized spacial score (nSPS) is 23.3. The fourth-order valence-corrected chi connectivity index (χ4v) is 4.02. The van der Waals surface area contributed by atoms with Gasteiger partial charge in [-0.05, 0) is 26.3 Å². The van der Waals surface area contributed by atoms with Gasteiger partial charge >= 0.3 is 0 Å². The van der Waals surface area contributed by atoms with Crippen LogP contribution >= 0.6 is 11.3 Å². The van der Waals surface area contributed by atoms with Crippen molar-refractivity contribution < 1.29 is 4.74 Å². The van der Waals surface area contributed by atoms with Gasteiger partial charge in [-0.25, -0.2) is 4.98 Å². The van der Waals surface area contributed by atoms with Gasteiger partial charge in [0, 0.05) is 43.5 Å². The van der Waals surface area contributed by atoms with Crippen LogP contribution in [0, 0.1) is 5.92 Å². The number of methoxy groups -OCH3 is 1. The van der Waals surface area contributed by atoms with Crippen LogP contribution in [-0.2, 0) is 11.3 Å². The van der Waals surface area contributed by atoms with E-state index < -0.39 is 0 Å². The maximum Gasteiger partial charge on any atom is 0.185 e. The van der Waals surface area contributed by atoms with E-state index in [0.29, 0.717) is 5.92 Å². The average Bonchev–Trinajstić information content (AvgIpc) is 2.99. The fraction of sp³-hybridized carbons (Fsp3) is 0.786.